The molecule has 0 aliphatic carbocycles. The van der Waals surface area contributed by atoms with Gasteiger partial charge in [0.15, 0.2) is 5.17 Å². The van der Waals surface area contributed by atoms with Crippen LogP contribution in [-0.4, -0.2) is 29.2 Å². The molecule has 6 heteroatoms. The minimum absolute atomic E-state index is 0.0265. The lowest BCUT2D eigenvalue weighted by molar-refractivity contribution is 0.306. The summed E-state index contributed by atoms with van der Waals surface area (Å²) in [5, 5.41) is 9.93. The van der Waals surface area contributed by atoms with Crippen LogP contribution in [0.25, 0.3) is 0 Å². The lowest BCUT2D eigenvalue weighted by Gasteiger charge is -2.08. The highest BCUT2D eigenvalue weighted by Crippen LogP contribution is 2.17. The first kappa shape index (κ1) is 18.6. The van der Waals surface area contributed by atoms with E-state index in [4.69, 9.17) is 27.2 Å². The minimum atomic E-state index is 0.0265. The van der Waals surface area contributed by atoms with Crippen molar-refractivity contribution in [2.45, 2.75) is 13.0 Å². The second-order valence-electron chi connectivity index (χ2n) is 5.10. The summed E-state index contributed by atoms with van der Waals surface area (Å²) in [7, 11) is 0. The van der Waals surface area contributed by atoms with E-state index >= 15 is 0 Å². The summed E-state index contributed by atoms with van der Waals surface area (Å²) in [5.74, 6) is 1.69. The number of aliphatic imine (C=N–C) groups is 1. The van der Waals surface area contributed by atoms with E-state index in [2.05, 4.69) is 17.1 Å². The fourth-order valence-corrected chi connectivity index (χ4v) is 2.83. The first-order valence-corrected chi connectivity index (χ1v) is 9.03. The summed E-state index contributed by atoms with van der Waals surface area (Å²) < 4.78 is 5.76. The molecule has 2 aromatic carbocycles. The fraction of sp³-hybridized carbons (Fsp3) is 0.278. The monoisotopic (exact) mass is 364 g/mol. The van der Waals surface area contributed by atoms with Gasteiger partial charge in [0.2, 0.25) is 0 Å². The molecule has 0 aliphatic heterocycles. The van der Waals surface area contributed by atoms with Crippen LogP contribution in [0.2, 0.25) is 5.02 Å². The molecule has 0 bridgehead atoms. The molecule has 24 heavy (non-hydrogen) atoms. The summed E-state index contributed by atoms with van der Waals surface area (Å²) in [6.07, 6.45) is 0.900. The normalized spacial score (nSPS) is 11.5. The topological polar surface area (TPSA) is 67.8 Å². The van der Waals surface area contributed by atoms with Crippen molar-refractivity contribution in [2.75, 3.05) is 18.9 Å². The van der Waals surface area contributed by atoms with E-state index in [1.165, 1.54) is 17.3 Å². The maximum atomic E-state index is 8.68. The van der Waals surface area contributed by atoms with E-state index in [0.29, 0.717) is 18.3 Å². The van der Waals surface area contributed by atoms with Crippen LogP contribution in [0, 0.1) is 0 Å². The number of amidine groups is 1. The Morgan fingerprint density at radius 3 is 2.42 bits per heavy atom. The highest BCUT2D eigenvalue weighted by molar-refractivity contribution is 8.13. The van der Waals surface area contributed by atoms with Crippen molar-refractivity contribution in [1.29, 1.82) is 0 Å². The predicted molar refractivity (Wildman–Crippen MR) is 102 cm³/mol. The Morgan fingerprint density at radius 2 is 1.75 bits per heavy atom. The molecule has 4 nitrogen and oxygen atoms in total. The average molecular weight is 365 g/mol. The predicted octanol–water partition coefficient (Wildman–Crippen LogP) is 3.50. The molecule has 0 heterocycles. The van der Waals surface area contributed by atoms with Gasteiger partial charge in [-0.15, -0.1) is 0 Å². The molecule has 2 rings (SSSR count). The lowest BCUT2D eigenvalue weighted by Crippen LogP contribution is -2.09. The number of ether oxygens (including phenoxy) is 1. The first-order chi connectivity index (χ1) is 11.7. The Labute approximate surface area is 151 Å². The number of benzene rings is 2. The van der Waals surface area contributed by atoms with Crippen molar-refractivity contribution < 1.29 is 9.84 Å². The van der Waals surface area contributed by atoms with Crippen molar-refractivity contribution in [3.05, 3.63) is 64.7 Å². The van der Waals surface area contributed by atoms with Crippen LogP contribution in [0.5, 0.6) is 5.75 Å². The van der Waals surface area contributed by atoms with Crippen molar-refractivity contribution >= 4 is 28.5 Å². The Balaban J connectivity index is 1.75. The van der Waals surface area contributed by atoms with Gasteiger partial charge in [-0.3, -0.25) is 4.99 Å². The number of hydrogen-bond acceptors (Lipinski definition) is 4. The van der Waals surface area contributed by atoms with Crippen LogP contribution in [0.1, 0.15) is 11.1 Å². The van der Waals surface area contributed by atoms with Gasteiger partial charge in [-0.25, -0.2) is 0 Å². The first-order valence-electron chi connectivity index (χ1n) is 7.67. The highest BCUT2D eigenvalue weighted by atomic mass is 35.5. The van der Waals surface area contributed by atoms with E-state index in [-0.39, 0.29) is 6.61 Å². The van der Waals surface area contributed by atoms with Crippen LogP contribution in [0.3, 0.4) is 0 Å². The largest absolute Gasteiger partial charge is 0.489 e. The van der Waals surface area contributed by atoms with Crippen molar-refractivity contribution in [2.24, 2.45) is 10.7 Å². The number of aliphatic hydroxyl groups excluding tert-OH is 1. The molecule has 128 valence electrons. The van der Waals surface area contributed by atoms with Gasteiger partial charge in [0.25, 0.3) is 0 Å². The van der Waals surface area contributed by atoms with E-state index in [9.17, 15) is 0 Å². The number of nitrogens with two attached hydrogens (primary N) is 1. The molecule has 0 aromatic heterocycles. The molecule has 2 aromatic rings. The van der Waals surface area contributed by atoms with Gasteiger partial charge in [0.1, 0.15) is 12.4 Å². The average Bonchev–Trinajstić information content (AvgIpc) is 2.60. The van der Waals surface area contributed by atoms with Crippen molar-refractivity contribution in [3.63, 3.8) is 0 Å². The summed E-state index contributed by atoms with van der Waals surface area (Å²) in [6, 6.07) is 15.7. The summed E-state index contributed by atoms with van der Waals surface area (Å²) in [6.45, 7) is 0.904. The van der Waals surface area contributed by atoms with Gasteiger partial charge in [-0.05, 0) is 41.8 Å². The van der Waals surface area contributed by atoms with Crippen molar-refractivity contribution in [3.8, 4) is 5.75 Å². The summed E-state index contributed by atoms with van der Waals surface area (Å²) in [4.78, 5) is 4.03. The van der Waals surface area contributed by atoms with Crippen LogP contribution >= 0.6 is 23.4 Å². The molecule has 0 unspecified atom stereocenters. The van der Waals surface area contributed by atoms with Gasteiger partial charge < -0.3 is 15.6 Å². The molecule has 0 amide bonds. The quantitative estimate of drug-likeness (QED) is 0.555. The zero-order valence-corrected chi connectivity index (χ0v) is 14.9. The number of aryl methyl sites for hydroxylation is 1. The van der Waals surface area contributed by atoms with Gasteiger partial charge >= 0.3 is 0 Å². The van der Waals surface area contributed by atoms with Crippen LogP contribution in [0.4, 0.5) is 0 Å². The fourth-order valence-electron chi connectivity index (χ4n) is 1.98. The van der Waals surface area contributed by atoms with Gasteiger partial charge in [0.05, 0.1) is 13.2 Å². The maximum Gasteiger partial charge on any atom is 0.153 e. The third-order valence-corrected chi connectivity index (χ3v) is 4.34. The third-order valence-electron chi connectivity index (χ3n) is 3.25. The number of aliphatic hydroxyl groups is 1. The molecule has 0 aliphatic rings. The Morgan fingerprint density at radius 1 is 1.08 bits per heavy atom. The molecule has 0 saturated heterocycles. The summed E-state index contributed by atoms with van der Waals surface area (Å²) >= 11 is 7.36. The second-order valence-corrected chi connectivity index (χ2v) is 6.65. The maximum absolute atomic E-state index is 8.68. The molecule has 3 N–H and O–H groups in total. The minimum Gasteiger partial charge on any atom is -0.489 e. The zero-order chi connectivity index (χ0) is 17.2. The molecule has 0 saturated carbocycles. The number of nitrogens with zero attached hydrogens (tertiary/aromatic N) is 1. The Kier molecular flexibility index (Phi) is 7.95. The Bertz CT molecular complexity index is 645. The lowest BCUT2D eigenvalue weighted by atomic mass is 10.2. The molecular weight excluding hydrogens is 344 g/mol. The number of halogens is 1. The Hall–Kier alpha value is -1.69. The van der Waals surface area contributed by atoms with Crippen LogP contribution < -0.4 is 10.5 Å². The highest BCUT2D eigenvalue weighted by Gasteiger charge is 2.00. The standard InChI is InChI=1S/C18H21ClN2O2S/c19-16-5-1-15(2-6-16)13-23-17-7-3-14(4-8-17)9-12-24-18(20)21-10-11-22/h1-8,22H,9-13H2,(H2,20,21). The van der Waals surface area contributed by atoms with Crippen LogP contribution in [0.15, 0.2) is 53.5 Å². The molecule has 0 radical (unpaired) electrons. The number of thioether (sulfide) groups is 1. The van der Waals surface area contributed by atoms with Gasteiger partial charge in [0, 0.05) is 10.8 Å². The van der Waals surface area contributed by atoms with Gasteiger partial charge in [-0.2, -0.15) is 0 Å². The summed E-state index contributed by atoms with van der Waals surface area (Å²) in [5.41, 5.74) is 8.03. The molecule has 0 atom stereocenters. The van der Waals surface area contributed by atoms with E-state index < -0.39 is 0 Å². The molecule has 0 fully saturated rings. The van der Waals surface area contributed by atoms with Crippen LogP contribution in [-0.2, 0) is 13.0 Å². The third kappa shape index (κ3) is 6.83. The second kappa shape index (κ2) is 10.2. The molecule has 0 spiro atoms. The van der Waals surface area contributed by atoms with E-state index in [1.54, 1.807) is 0 Å². The number of hydrogen-bond donors (Lipinski definition) is 2. The SMILES string of the molecule is NC(=NCCO)SCCc1ccc(OCc2ccc(Cl)cc2)cc1. The van der Waals surface area contributed by atoms with Crippen molar-refractivity contribution in [1.82, 2.24) is 0 Å². The zero-order valence-electron chi connectivity index (χ0n) is 13.3. The van der Waals surface area contributed by atoms with E-state index in [1.807, 2.05) is 36.4 Å². The molecular formula is C18H21ClN2O2S. The smallest absolute Gasteiger partial charge is 0.153 e. The van der Waals surface area contributed by atoms with Gasteiger partial charge in [-0.1, -0.05) is 47.6 Å². The van der Waals surface area contributed by atoms with E-state index in [0.717, 1.165) is 28.5 Å². The number of rotatable bonds is 8.